The molecule has 9 nitrogen and oxygen atoms in total. The maximum Gasteiger partial charge on any atom is 0.394 e. The predicted molar refractivity (Wildman–Crippen MR) is 145 cm³/mol. The summed E-state index contributed by atoms with van der Waals surface area (Å²) in [5.74, 6) is -0.900. The highest BCUT2D eigenvalue weighted by molar-refractivity contribution is 5.76. The second-order valence-electron chi connectivity index (χ2n) is 9.87. The van der Waals surface area contributed by atoms with Crippen LogP contribution in [0.1, 0.15) is 22.8 Å². The molecule has 0 saturated carbocycles. The number of methoxy groups -OCH3 is 1. The number of aromatic amines is 1. The fraction of sp³-hybridized carbons (Fsp3) is 0.321. The molecular formula is C28H26F5N7O2. The third-order valence-electron chi connectivity index (χ3n) is 7.02. The second kappa shape index (κ2) is 11.1. The second-order valence-corrected chi connectivity index (χ2v) is 9.87. The van der Waals surface area contributed by atoms with Crippen LogP contribution in [0.25, 0.3) is 16.7 Å². The van der Waals surface area contributed by atoms with E-state index in [4.69, 9.17) is 9.47 Å². The number of hydrogen-bond acceptors (Lipinski definition) is 7. The number of fused-ring (bicyclic) bond motifs is 2. The Morgan fingerprint density at radius 3 is 2.52 bits per heavy atom. The van der Waals surface area contributed by atoms with Gasteiger partial charge in [-0.2, -0.15) is 13.2 Å². The van der Waals surface area contributed by atoms with Gasteiger partial charge in [0.05, 0.1) is 55.8 Å². The van der Waals surface area contributed by atoms with Crippen molar-refractivity contribution in [2.75, 3.05) is 43.6 Å². The number of morpholine rings is 1. The lowest BCUT2D eigenvalue weighted by atomic mass is 10.2. The minimum Gasteiger partial charge on any atom is -0.497 e. The lowest BCUT2D eigenvalue weighted by Crippen LogP contribution is -2.37. The molecule has 5 aromatic rings. The minimum absolute atomic E-state index is 0.0615. The first kappa shape index (κ1) is 27.7. The molecule has 1 saturated heterocycles. The topological polar surface area (TPSA) is 92.6 Å². The van der Waals surface area contributed by atoms with E-state index in [9.17, 15) is 22.0 Å². The van der Waals surface area contributed by atoms with Gasteiger partial charge < -0.3 is 24.7 Å². The number of nitrogens with zero attached hydrogens (tertiary/aromatic N) is 5. The highest BCUT2D eigenvalue weighted by Crippen LogP contribution is 2.31. The summed E-state index contributed by atoms with van der Waals surface area (Å²) in [5, 5.41) is 7.89. The first-order valence-corrected chi connectivity index (χ1v) is 13.2. The molecular weight excluding hydrogens is 561 g/mol. The van der Waals surface area contributed by atoms with Crippen molar-refractivity contribution < 1.29 is 31.4 Å². The monoisotopic (exact) mass is 587 g/mol. The summed E-state index contributed by atoms with van der Waals surface area (Å²) in [4.78, 5) is 13.5. The molecule has 220 valence electrons. The quantitative estimate of drug-likeness (QED) is 0.246. The van der Waals surface area contributed by atoms with Crippen LogP contribution in [0.15, 0.2) is 42.5 Å². The van der Waals surface area contributed by atoms with E-state index in [1.807, 2.05) is 29.2 Å². The molecule has 0 radical (unpaired) electrons. The molecule has 0 atom stereocenters. The Hall–Kier alpha value is -4.46. The molecule has 0 amide bonds. The SMILES string of the molecule is COc1ccc(CNc2cc(N3CCOCC3)nn3c(CC(F)(F)F)c(Cc4nc5c(F)c(F)ccc5[nH]4)nc23)cc1. The van der Waals surface area contributed by atoms with Crippen LogP contribution in [0.3, 0.4) is 0 Å². The van der Waals surface area contributed by atoms with Gasteiger partial charge in [-0.1, -0.05) is 12.1 Å². The molecule has 0 aliphatic carbocycles. The highest BCUT2D eigenvalue weighted by Gasteiger charge is 2.33. The van der Waals surface area contributed by atoms with Gasteiger partial charge >= 0.3 is 6.18 Å². The fourth-order valence-corrected chi connectivity index (χ4v) is 4.93. The smallest absolute Gasteiger partial charge is 0.394 e. The highest BCUT2D eigenvalue weighted by atomic mass is 19.4. The summed E-state index contributed by atoms with van der Waals surface area (Å²) < 4.78 is 81.5. The zero-order valence-electron chi connectivity index (χ0n) is 22.4. The van der Waals surface area contributed by atoms with Crippen LogP contribution in [-0.4, -0.2) is 64.2 Å². The average Bonchev–Trinajstić information content (AvgIpc) is 3.55. The van der Waals surface area contributed by atoms with Gasteiger partial charge in [-0.15, -0.1) is 5.10 Å². The molecule has 0 bridgehead atoms. The molecule has 1 aliphatic heterocycles. The molecule has 1 fully saturated rings. The number of alkyl halides is 3. The van der Waals surface area contributed by atoms with Gasteiger partial charge in [0.25, 0.3) is 0 Å². The number of ether oxygens (including phenoxy) is 2. The summed E-state index contributed by atoms with van der Waals surface area (Å²) in [5.41, 5.74) is 1.47. The van der Waals surface area contributed by atoms with Crippen LogP contribution in [-0.2, 0) is 24.1 Å². The molecule has 42 heavy (non-hydrogen) atoms. The van der Waals surface area contributed by atoms with Crippen molar-refractivity contribution in [1.29, 1.82) is 0 Å². The molecule has 2 N–H and O–H groups in total. The Kier molecular flexibility index (Phi) is 7.31. The molecule has 4 heterocycles. The third-order valence-corrected chi connectivity index (χ3v) is 7.02. The van der Waals surface area contributed by atoms with E-state index >= 15 is 0 Å². The van der Waals surface area contributed by atoms with Crippen LogP contribution < -0.4 is 15.0 Å². The van der Waals surface area contributed by atoms with Gasteiger partial charge in [-0.3, -0.25) is 0 Å². The number of rotatable bonds is 8. The van der Waals surface area contributed by atoms with Crippen LogP contribution in [0.5, 0.6) is 5.75 Å². The Bertz CT molecular complexity index is 1730. The summed E-state index contributed by atoms with van der Waals surface area (Å²) in [6.07, 6.45) is -6.05. The van der Waals surface area contributed by atoms with Crippen molar-refractivity contribution in [3.63, 3.8) is 0 Å². The van der Waals surface area contributed by atoms with E-state index in [0.29, 0.717) is 50.1 Å². The van der Waals surface area contributed by atoms with Gasteiger partial charge in [-0.25, -0.2) is 23.3 Å². The van der Waals surface area contributed by atoms with E-state index in [1.165, 1.54) is 10.6 Å². The van der Waals surface area contributed by atoms with Gasteiger partial charge in [-0.05, 0) is 29.8 Å². The molecule has 0 spiro atoms. The molecule has 0 unspecified atom stereocenters. The molecule has 6 rings (SSSR count). The molecule has 3 aromatic heterocycles. The zero-order chi connectivity index (χ0) is 29.4. The van der Waals surface area contributed by atoms with Crippen molar-refractivity contribution in [3.8, 4) is 5.75 Å². The van der Waals surface area contributed by atoms with Crippen LogP contribution in [0.2, 0.25) is 0 Å². The van der Waals surface area contributed by atoms with Crippen molar-refractivity contribution in [2.24, 2.45) is 0 Å². The maximum absolute atomic E-state index is 14.3. The van der Waals surface area contributed by atoms with Gasteiger partial charge in [0.15, 0.2) is 23.1 Å². The normalized spacial score (nSPS) is 14.2. The summed E-state index contributed by atoms with van der Waals surface area (Å²) in [7, 11) is 1.57. The molecule has 2 aromatic carbocycles. The van der Waals surface area contributed by atoms with Gasteiger partial charge in [0.2, 0.25) is 0 Å². The number of anilines is 2. The largest absolute Gasteiger partial charge is 0.497 e. The standard InChI is InChI=1S/C28H26F5N7O2/c1-41-17-4-2-16(3-5-17)15-34-21-13-24(39-8-10-42-11-9-39)38-40-22(14-28(31,32)33)20(36-27(21)40)12-23-35-19-7-6-18(29)25(30)26(19)37-23/h2-7,13,34H,8-12,14-15H2,1H3,(H,35,37). The van der Waals surface area contributed by atoms with E-state index in [-0.39, 0.29) is 40.3 Å². The number of aromatic nitrogens is 5. The van der Waals surface area contributed by atoms with Gasteiger partial charge in [0.1, 0.15) is 17.1 Å². The van der Waals surface area contributed by atoms with Crippen molar-refractivity contribution >= 4 is 28.2 Å². The van der Waals surface area contributed by atoms with Crippen LogP contribution in [0, 0.1) is 11.6 Å². The van der Waals surface area contributed by atoms with Gasteiger partial charge in [0, 0.05) is 25.7 Å². The Balaban J connectivity index is 1.44. The average molecular weight is 588 g/mol. The first-order valence-electron chi connectivity index (χ1n) is 13.2. The fourth-order valence-electron chi connectivity index (χ4n) is 4.93. The number of hydrogen-bond donors (Lipinski definition) is 2. The predicted octanol–water partition coefficient (Wildman–Crippen LogP) is 5.04. The van der Waals surface area contributed by atoms with Crippen molar-refractivity contribution in [2.45, 2.75) is 25.6 Å². The van der Waals surface area contributed by atoms with E-state index in [2.05, 4.69) is 25.4 Å². The Morgan fingerprint density at radius 2 is 1.81 bits per heavy atom. The summed E-state index contributed by atoms with van der Waals surface area (Å²) in [6, 6.07) is 11.4. The Morgan fingerprint density at radius 1 is 1.05 bits per heavy atom. The van der Waals surface area contributed by atoms with Crippen LogP contribution in [0.4, 0.5) is 33.5 Å². The number of H-pyrrole nitrogens is 1. The maximum atomic E-state index is 14.3. The minimum atomic E-state index is -4.57. The van der Waals surface area contributed by atoms with Crippen molar-refractivity contribution in [3.05, 3.63) is 76.9 Å². The van der Waals surface area contributed by atoms with Crippen LogP contribution >= 0.6 is 0 Å². The molecule has 1 aliphatic rings. The van der Waals surface area contributed by atoms with E-state index in [0.717, 1.165) is 11.6 Å². The number of nitrogens with one attached hydrogen (secondary N) is 2. The first-order chi connectivity index (χ1) is 20.2. The Labute approximate surface area is 236 Å². The van der Waals surface area contributed by atoms with Crippen molar-refractivity contribution in [1.82, 2.24) is 24.6 Å². The summed E-state index contributed by atoms with van der Waals surface area (Å²) >= 11 is 0. The number of halogens is 5. The summed E-state index contributed by atoms with van der Waals surface area (Å²) in [6.45, 7) is 2.32. The lowest BCUT2D eigenvalue weighted by molar-refractivity contribution is -0.128. The van der Waals surface area contributed by atoms with E-state index < -0.39 is 24.2 Å². The third kappa shape index (κ3) is 5.66. The lowest BCUT2D eigenvalue weighted by Gasteiger charge is -2.28. The molecule has 14 heteroatoms. The zero-order valence-corrected chi connectivity index (χ0v) is 22.4. The number of imidazole rings is 2. The number of benzene rings is 2. The van der Waals surface area contributed by atoms with E-state index in [1.54, 1.807) is 13.2 Å².